The minimum atomic E-state index is -0.270. The average molecular weight is 906 g/mol. The fraction of sp³-hybridized carbons (Fsp3) is 0.292. The number of methoxy groups -OCH3 is 2. The Labute approximate surface area is 382 Å². The number of hydrazone groups is 2. The van der Waals surface area contributed by atoms with Gasteiger partial charge in [0.05, 0.1) is 59.7 Å². The van der Waals surface area contributed by atoms with Crippen LogP contribution in [0, 0.1) is 27.7 Å². The number of hydrogen-bond acceptors (Lipinski definition) is 10. The van der Waals surface area contributed by atoms with Crippen LogP contribution in [0.1, 0.15) is 64.6 Å². The van der Waals surface area contributed by atoms with E-state index in [1.807, 2.05) is 114 Å². The van der Waals surface area contributed by atoms with E-state index in [9.17, 15) is 9.59 Å². The van der Waals surface area contributed by atoms with E-state index in [0.717, 1.165) is 78.7 Å². The first-order valence-electron chi connectivity index (χ1n) is 20.6. The van der Waals surface area contributed by atoms with Gasteiger partial charge in [0.2, 0.25) is 0 Å². The van der Waals surface area contributed by atoms with Crippen molar-refractivity contribution in [1.29, 1.82) is 0 Å². The highest BCUT2D eigenvalue weighted by Crippen LogP contribution is 2.35. The van der Waals surface area contributed by atoms with Gasteiger partial charge in [0, 0.05) is 42.0 Å². The zero-order chi connectivity index (χ0) is 46.0. The lowest BCUT2D eigenvalue weighted by Gasteiger charge is -2.28. The van der Waals surface area contributed by atoms with Crippen molar-refractivity contribution in [1.82, 2.24) is 25.6 Å². The number of anilines is 1. The van der Waals surface area contributed by atoms with Gasteiger partial charge in [-0.15, -0.1) is 0 Å². The summed E-state index contributed by atoms with van der Waals surface area (Å²) in [6, 6.07) is 22.5. The Hall–Kier alpha value is -6.64. The topological polar surface area (TPSA) is 151 Å². The number of aryl methyl sites for hydroxylation is 4. The predicted molar refractivity (Wildman–Crippen MR) is 250 cm³/mol. The monoisotopic (exact) mass is 904 g/mol. The zero-order valence-electron chi connectivity index (χ0n) is 37.4. The molecule has 0 saturated heterocycles. The van der Waals surface area contributed by atoms with Gasteiger partial charge in [-0.3, -0.25) is 4.90 Å². The largest absolute Gasteiger partial charge is 0.495 e. The third-order valence-corrected chi connectivity index (χ3v) is 12.0. The van der Waals surface area contributed by atoms with Crippen molar-refractivity contribution >= 4 is 52.9 Å². The van der Waals surface area contributed by atoms with E-state index in [2.05, 4.69) is 20.7 Å². The highest BCUT2D eigenvalue weighted by Gasteiger charge is 2.29. The minimum Gasteiger partial charge on any atom is -0.495 e. The molecule has 2 atom stereocenters. The van der Waals surface area contributed by atoms with Gasteiger partial charge < -0.3 is 23.8 Å². The molecule has 2 aromatic heterocycles. The number of benzene rings is 4. The van der Waals surface area contributed by atoms with Crippen molar-refractivity contribution in [2.75, 3.05) is 33.2 Å². The smallest absolute Gasteiger partial charge is 0.344 e. The second kappa shape index (κ2) is 19.0. The van der Waals surface area contributed by atoms with Crippen LogP contribution in [0.25, 0.3) is 22.3 Å². The van der Waals surface area contributed by atoms with Crippen LogP contribution < -0.4 is 19.7 Å². The van der Waals surface area contributed by atoms with Crippen LogP contribution in [0.2, 0.25) is 10.0 Å². The molecule has 0 bridgehead atoms. The van der Waals surface area contributed by atoms with Gasteiger partial charge in [-0.25, -0.2) is 19.6 Å². The van der Waals surface area contributed by atoms with Crippen LogP contribution >= 0.6 is 23.2 Å². The second-order valence-electron chi connectivity index (χ2n) is 15.7. The van der Waals surface area contributed by atoms with E-state index in [4.69, 9.17) is 46.8 Å². The molecule has 4 aromatic carbocycles. The van der Waals surface area contributed by atoms with Gasteiger partial charge in [0.25, 0.3) is 0 Å². The Morgan fingerprint density at radius 1 is 0.734 bits per heavy atom. The number of ether oxygens (including phenoxy) is 2. The molecule has 4 heterocycles. The fourth-order valence-corrected chi connectivity index (χ4v) is 8.52. The van der Waals surface area contributed by atoms with E-state index >= 15 is 0 Å². The number of carbonyl (C=O) groups is 2. The van der Waals surface area contributed by atoms with E-state index in [1.54, 1.807) is 39.4 Å². The number of hydrogen-bond donors (Lipinski definition) is 1. The Morgan fingerprint density at radius 3 is 1.77 bits per heavy atom. The summed E-state index contributed by atoms with van der Waals surface area (Å²) in [5.41, 5.74) is 11.7. The third-order valence-electron chi connectivity index (χ3n) is 11.4. The summed E-state index contributed by atoms with van der Waals surface area (Å²) < 4.78 is 21.3. The molecule has 2 aliphatic rings. The lowest BCUT2D eigenvalue weighted by molar-refractivity contribution is 0.184. The van der Waals surface area contributed by atoms with Gasteiger partial charge in [-0.05, 0) is 119 Å². The van der Waals surface area contributed by atoms with Crippen molar-refractivity contribution in [2.24, 2.45) is 10.2 Å². The van der Waals surface area contributed by atoms with Crippen molar-refractivity contribution in [3.05, 3.63) is 134 Å². The molecule has 0 saturated carbocycles. The van der Waals surface area contributed by atoms with E-state index in [0.29, 0.717) is 40.1 Å². The normalized spacial score (nSPS) is 15.5. The molecule has 64 heavy (non-hydrogen) atoms. The van der Waals surface area contributed by atoms with Crippen molar-refractivity contribution < 1.29 is 28.1 Å². The van der Waals surface area contributed by atoms with Crippen LogP contribution in [0.15, 0.2) is 92.0 Å². The van der Waals surface area contributed by atoms with Crippen molar-refractivity contribution in [3.63, 3.8) is 0 Å². The highest BCUT2D eigenvalue weighted by atomic mass is 35.5. The molecule has 1 N–H and O–H groups in total. The lowest BCUT2D eigenvalue weighted by atomic mass is 9.93. The molecule has 0 fully saturated rings. The lowest BCUT2D eigenvalue weighted by Crippen LogP contribution is -2.43. The number of carbonyl (C=O) groups excluding carboxylic acids is 2. The van der Waals surface area contributed by atoms with Crippen molar-refractivity contribution in [3.8, 4) is 33.8 Å². The summed E-state index contributed by atoms with van der Waals surface area (Å²) in [4.78, 5) is 27.5. The quantitative estimate of drug-likeness (QED) is 0.173. The molecule has 0 unspecified atom stereocenters. The molecule has 2 aliphatic heterocycles. The average Bonchev–Trinajstić information content (AvgIpc) is 3.70. The summed E-state index contributed by atoms with van der Waals surface area (Å²) in [6.07, 6.45) is 2.92. The Bertz CT molecular complexity index is 2720. The maximum atomic E-state index is 13.3. The number of aromatic nitrogens is 2. The molecule has 332 valence electrons. The van der Waals surface area contributed by atoms with Crippen LogP contribution in [-0.2, 0) is 12.8 Å². The molecule has 0 aliphatic carbocycles. The van der Waals surface area contributed by atoms with E-state index in [-0.39, 0.29) is 24.1 Å². The van der Waals surface area contributed by atoms with Gasteiger partial charge in [-0.1, -0.05) is 69.9 Å². The molecular weight excluding hydrogens is 855 g/mol. The molecule has 14 nitrogen and oxygen atoms in total. The number of halogens is 2. The Kier molecular flexibility index (Phi) is 13.5. The summed E-state index contributed by atoms with van der Waals surface area (Å²) >= 11 is 12.7. The molecular formula is C48H50Cl2N8O6. The highest BCUT2D eigenvalue weighted by molar-refractivity contribution is 6.33. The fourth-order valence-electron chi connectivity index (χ4n) is 8.03. The standard InChI is InChI=1S/2C24H25ClN4O3/c1-14-10-18-12-22(31-5)21(25)11-19(18)13-26-29(14)24(30)28(4)20-8-6-17(7-9-20)23-15(2)27-32-16(23)3;1-13-10-18-11-21(31-5)20(25)12-19(18)23(27-29(13)24(30)26-4)17-8-6-16(7-9-17)22-14(2)28-32-15(22)3/h6-9,11-14H,10H2,1-5H3;6-9,11-13H,10H2,1-5H3,(H,26,30)/t14-;13-/m01/s1. The van der Waals surface area contributed by atoms with Crippen LogP contribution in [0.4, 0.5) is 15.3 Å². The van der Waals surface area contributed by atoms with Crippen LogP contribution in [0.3, 0.4) is 0 Å². The summed E-state index contributed by atoms with van der Waals surface area (Å²) in [7, 11) is 6.52. The SMILES string of the molecule is CNC(=O)N1N=C(c2ccc(-c3c(C)noc3C)cc2)c2cc(Cl)c(OC)cc2C[C@H]1C.COc1cc2c(cc1Cl)C=NN(C(=O)N(C)c1ccc(-c3c(C)noc3C)cc1)[C@@H](C)C2. The summed E-state index contributed by atoms with van der Waals surface area (Å²) in [6.45, 7) is 11.6. The van der Waals surface area contributed by atoms with Gasteiger partial charge in [0.15, 0.2) is 0 Å². The maximum absolute atomic E-state index is 13.3. The Morgan fingerprint density at radius 2 is 1.23 bits per heavy atom. The summed E-state index contributed by atoms with van der Waals surface area (Å²) in [5, 5.41) is 24.0. The molecule has 0 radical (unpaired) electrons. The van der Waals surface area contributed by atoms with E-state index in [1.165, 1.54) is 10.0 Å². The minimum absolute atomic E-state index is 0.144. The first-order valence-corrected chi connectivity index (χ1v) is 21.4. The molecule has 0 spiro atoms. The van der Waals surface area contributed by atoms with Crippen LogP contribution in [0.5, 0.6) is 11.5 Å². The third kappa shape index (κ3) is 9.06. The number of fused-ring (bicyclic) bond motifs is 2. The Balaban J connectivity index is 0.000000191. The number of amides is 4. The molecule has 6 aromatic rings. The van der Waals surface area contributed by atoms with Gasteiger partial charge in [0.1, 0.15) is 23.0 Å². The molecule has 4 amide bonds. The molecule has 16 heteroatoms. The predicted octanol–water partition coefficient (Wildman–Crippen LogP) is 10.4. The van der Waals surface area contributed by atoms with E-state index < -0.39 is 0 Å². The first-order chi connectivity index (χ1) is 30.6. The maximum Gasteiger partial charge on any atom is 0.344 e. The van der Waals surface area contributed by atoms with Gasteiger partial charge in [-0.2, -0.15) is 10.2 Å². The number of nitrogens with one attached hydrogen (secondary N) is 1. The first kappa shape index (κ1) is 45.4. The zero-order valence-corrected chi connectivity index (χ0v) is 38.9. The number of nitrogens with zero attached hydrogens (tertiary/aromatic N) is 7. The van der Waals surface area contributed by atoms with Crippen molar-refractivity contribution in [2.45, 2.75) is 66.5 Å². The molecule has 8 rings (SSSR count). The van der Waals surface area contributed by atoms with Crippen LogP contribution in [-0.4, -0.2) is 84.7 Å². The van der Waals surface area contributed by atoms with Gasteiger partial charge >= 0.3 is 12.1 Å². The second-order valence-corrected chi connectivity index (χ2v) is 16.6. The number of urea groups is 2. The summed E-state index contributed by atoms with van der Waals surface area (Å²) in [5.74, 6) is 2.75. The number of rotatable bonds is 6.